The summed E-state index contributed by atoms with van der Waals surface area (Å²) in [5.41, 5.74) is 5.22. The van der Waals surface area contributed by atoms with Gasteiger partial charge in [0.1, 0.15) is 0 Å². The molecule has 7 heteroatoms. The molecular formula is C16H26F2N2O3. The van der Waals surface area contributed by atoms with Crippen LogP contribution in [0.25, 0.3) is 0 Å². The van der Waals surface area contributed by atoms with E-state index >= 15 is 0 Å². The number of piperidine rings is 1. The molecule has 0 aromatic carbocycles. The van der Waals surface area contributed by atoms with Crippen LogP contribution in [0.15, 0.2) is 0 Å². The van der Waals surface area contributed by atoms with Gasteiger partial charge in [0.25, 0.3) is 0 Å². The first kappa shape index (κ1) is 18.1. The molecule has 1 aliphatic carbocycles. The molecule has 2 amide bonds. The van der Waals surface area contributed by atoms with Crippen LogP contribution < -0.4 is 5.73 Å². The van der Waals surface area contributed by atoms with E-state index < -0.39 is 11.8 Å². The summed E-state index contributed by atoms with van der Waals surface area (Å²) in [5.74, 6) is -3.47. The number of primary amides is 1. The van der Waals surface area contributed by atoms with E-state index in [0.717, 1.165) is 12.8 Å². The molecule has 0 bridgehead atoms. The average Bonchev–Trinajstić information content (AvgIpc) is 2.51. The Hall–Kier alpha value is -1.24. The van der Waals surface area contributed by atoms with Gasteiger partial charge in [-0.2, -0.15) is 0 Å². The smallest absolute Gasteiger partial charge is 0.248 e. The van der Waals surface area contributed by atoms with Crippen molar-refractivity contribution in [3.63, 3.8) is 0 Å². The number of carbonyl (C=O) groups excluding carboxylic acids is 2. The standard InChI is InChI=1S/C16H26F2N2O3/c1-23-13-3-2-10-20(12(13)4-5-14(19)21)15(22)11-6-8-16(17,18)9-7-11/h11-13H,2-10H2,1H3,(H2,19,21)/t12-,13-/m0/s1. The molecular weight excluding hydrogens is 306 g/mol. The first-order chi connectivity index (χ1) is 10.8. The summed E-state index contributed by atoms with van der Waals surface area (Å²) >= 11 is 0. The number of alkyl halides is 2. The van der Waals surface area contributed by atoms with E-state index in [0.29, 0.717) is 13.0 Å². The van der Waals surface area contributed by atoms with Crippen LogP contribution in [-0.2, 0) is 14.3 Å². The average molecular weight is 332 g/mol. The fourth-order valence-corrected chi connectivity index (χ4v) is 3.72. The molecule has 2 atom stereocenters. The van der Waals surface area contributed by atoms with Crippen molar-refractivity contribution in [2.75, 3.05) is 13.7 Å². The number of hydrogen-bond donors (Lipinski definition) is 1. The first-order valence-electron chi connectivity index (χ1n) is 8.33. The number of methoxy groups -OCH3 is 1. The predicted octanol–water partition coefficient (Wildman–Crippen LogP) is 2.08. The zero-order valence-corrected chi connectivity index (χ0v) is 13.6. The van der Waals surface area contributed by atoms with Crippen LogP contribution in [0.2, 0.25) is 0 Å². The Bertz CT molecular complexity index is 435. The SMILES string of the molecule is CO[C@H]1CCCN(C(=O)C2CCC(F)(F)CC2)[C@H]1CCC(N)=O. The van der Waals surface area contributed by atoms with Crippen LogP contribution in [0, 0.1) is 5.92 Å². The van der Waals surface area contributed by atoms with Crippen LogP contribution >= 0.6 is 0 Å². The highest BCUT2D eigenvalue weighted by molar-refractivity contribution is 5.79. The lowest BCUT2D eigenvalue weighted by molar-refractivity contribution is -0.149. The van der Waals surface area contributed by atoms with E-state index in [2.05, 4.69) is 0 Å². The molecule has 2 aliphatic rings. The van der Waals surface area contributed by atoms with Crippen LogP contribution in [0.3, 0.4) is 0 Å². The monoisotopic (exact) mass is 332 g/mol. The molecule has 132 valence electrons. The Kier molecular flexibility index (Phi) is 5.95. The van der Waals surface area contributed by atoms with Crippen molar-refractivity contribution in [1.29, 1.82) is 0 Å². The molecule has 23 heavy (non-hydrogen) atoms. The van der Waals surface area contributed by atoms with Crippen LogP contribution in [0.1, 0.15) is 51.4 Å². The number of amides is 2. The fraction of sp³-hybridized carbons (Fsp3) is 0.875. The molecule has 0 aromatic heterocycles. The van der Waals surface area contributed by atoms with Gasteiger partial charge in [-0.25, -0.2) is 8.78 Å². The lowest BCUT2D eigenvalue weighted by atomic mass is 9.84. The Balaban J connectivity index is 2.04. The molecule has 0 aromatic rings. The lowest BCUT2D eigenvalue weighted by Crippen LogP contribution is -2.54. The van der Waals surface area contributed by atoms with E-state index in [1.165, 1.54) is 0 Å². The zero-order chi connectivity index (χ0) is 17.0. The van der Waals surface area contributed by atoms with Crippen molar-refractivity contribution in [3.05, 3.63) is 0 Å². The minimum absolute atomic E-state index is 0.0725. The summed E-state index contributed by atoms with van der Waals surface area (Å²) in [7, 11) is 1.59. The van der Waals surface area contributed by atoms with Gasteiger partial charge in [-0.15, -0.1) is 0 Å². The maximum atomic E-state index is 13.3. The van der Waals surface area contributed by atoms with Gasteiger partial charge in [-0.3, -0.25) is 9.59 Å². The largest absolute Gasteiger partial charge is 0.379 e. The number of halogens is 2. The zero-order valence-electron chi connectivity index (χ0n) is 13.6. The molecule has 2 N–H and O–H groups in total. The number of nitrogens with zero attached hydrogens (tertiary/aromatic N) is 1. The van der Waals surface area contributed by atoms with E-state index in [1.54, 1.807) is 12.0 Å². The summed E-state index contributed by atoms with van der Waals surface area (Å²) < 4.78 is 32.1. The number of likely N-dealkylation sites (tertiary alicyclic amines) is 1. The second kappa shape index (κ2) is 7.55. The highest BCUT2D eigenvalue weighted by Crippen LogP contribution is 2.38. The second-order valence-corrected chi connectivity index (χ2v) is 6.65. The summed E-state index contributed by atoms with van der Waals surface area (Å²) in [4.78, 5) is 25.6. The van der Waals surface area contributed by atoms with Crippen molar-refractivity contribution in [2.24, 2.45) is 11.7 Å². The molecule has 1 saturated carbocycles. The molecule has 0 spiro atoms. The van der Waals surface area contributed by atoms with Crippen molar-refractivity contribution in [2.45, 2.75) is 69.4 Å². The Morgan fingerprint density at radius 1 is 1.26 bits per heavy atom. The third-order valence-electron chi connectivity index (χ3n) is 5.06. The van der Waals surface area contributed by atoms with Gasteiger partial charge in [-0.1, -0.05) is 0 Å². The summed E-state index contributed by atoms with van der Waals surface area (Å²) in [5, 5.41) is 0. The lowest BCUT2D eigenvalue weighted by Gasteiger charge is -2.43. The molecule has 1 saturated heterocycles. The van der Waals surface area contributed by atoms with Crippen LogP contribution in [0.5, 0.6) is 0 Å². The minimum Gasteiger partial charge on any atom is -0.379 e. The van der Waals surface area contributed by atoms with Crippen LogP contribution in [0.4, 0.5) is 8.78 Å². The van der Waals surface area contributed by atoms with Gasteiger partial charge >= 0.3 is 0 Å². The van der Waals surface area contributed by atoms with Gasteiger partial charge in [0.2, 0.25) is 17.7 Å². The van der Waals surface area contributed by atoms with Crippen molar-refractivity contribution < 1.29 is 23.1 Å². The molecule has 1 heterocycles. The van der Waals surface area contributed by atoms with Gasteiger partial charge in [0, 0.05) is 38.8 Å². The quantitative estimate of drug-likeness (QED) is 0.838. The van der Waals surface area contributed by atoms with Crippen molar-refractivity contribution in [1.82, 2.24) is 4.90 Å². The molecule has 5 nitrogen and oxygen atoms in total. The third kappa shape index (κ3) is 4.62. The van der Waals surface area contributed by atoms with E-state index in [1.807, 2.05) is 0 Å². The molecule has 2 rings (SSSR count). The summed E-state index contributed by atoms with van der Waals surface area (Å²) in [6, 6.07) is -0.198. The molecule has 1 aliphatic heterocycles. The minimum atomic E-state index is -2.64. The Morgan fingerprint density at radius 3 is 2.48 bits per heavy atom. The topological polar surface area (TPSA) is 72.6 Å². The highest BCUT2D eigenvalue weighted by atomic mass is 19.3. The highest BCUT2D eigenvalue weighted by Gasteiger charge is 2.41. The van der Waals surface area contributed by atoms with Crippen molar-refractivity contribution in [3.8, 4) is 0 Å². The summed E-state index contributed by atoms with van der Waals surface area (Å²) in [6.07, 6.45) is 2.17. The Morgan fingerprint density at radius 2 is 1.91 bits per heavy atom. The number of ether oxygens (including phenoxy) is 1. The summed E-state index contributed by atoms with van der Waals surface area (Å²) in [6.45, 7) is 0.592. The maximum absolute atomic E-state index is 13.3. The van der Waals surface area contributed by atoms with Gasteiger partial charge < -0.3 is 15.4 Å². The van der Waals surface area contributed by atoms with Crippen LogP contribution in [-0.4, -0.2) is 48.4 Å². The normalized spacial score (nSPS) is 28.6. The molecule has 2 fully saturated rings. The van der Waals surface area contributed by atoms with E-state index in [4.69, 9.17) is 10.5 Å². The second-order valence-electron chi connectivity index (χ2n) is 6.65. The molecule has 0 unspecified atom stereocenters. The number of nitrogens with two attached hydrogens (primary N) is 1. The predicted molar refractivity (Wildman–Crippen MR) is 80.9 cm³/mol. The van der Waals surface area contributed by atoms with Gasteiger partial charge in [0.15, 0.2) is 0 Å². The van der Waals surface area contributed by atoms with Crippen molar-refractivity contribution >= 4 is 11.8 Å². The van der Waals surface area contributed by atoms with E-state index in [9.17, 15) is 18.4 Å². The van der Waals surface area contributed by atoms with Gasteiger partial charge in [-0.05, 0) is 32.1 Å². The maximum Gasteiger partial charge on any atom is 0.248 e. The first-order valence-corrected chi connectivity index (χ1v) is 8.33. The Labute approximate surface area is 135 Å². The number of rotatable bonds is 5. The molecule has 0 radical (unpaired) electrons. The number of hydrogen-bond acceptors (Lipinski definition) is 3. The number of carbonyl (C=O) groups is 2. The third-order valence-corrected chi connectivity index (χ3v) is 5.06. The van der Waals surface area contributed by atoms with Gasteiger partial charge in [0.05, 0.1) is 12.1 Å². The van der Waals surface area contributed by atoms with E-state index in [-0.39, 0.29) is 56.1 Å². The fourth-order valence-electron chi connectivity index (χ4n) is 3.72.